The van der Waals surface area contributed by atoms with Crippen LogP contribution in [0.25, 0.3) is 0 Å². The fraction of sp³-hybridized carbons (Fsp3) is 0.391. The molecular weight excluding hydrogens is 336 g/mol. The Kier molecular flexibility index (Phi) is 6.28. The van der Waals surface area contributed by atoms with Crippen molar-refractivity contribution in [3.63, 3.8) is 0 Å². The summed E-state index contributed by atoms with van der Waals surface area (Å²) in [5.41, 5.74) is 3.39. The van der Waals surface area contributed by atoms with E-state index in [1.54, 1.807) is 0 Å². The molecule has 0 aromatic heterocycles. The molecule has 1 fully saturated rings. The maximum Gasteiger partial charge on any atom is 0.242 e. The van der Waals surface area contributed by atoms with E-state index < -0.39 is 0 Å². The Balaban J connectivity index is 1.53. The third kappa shape index (κ3) is 5.68. The lowest BCUT2D eigenvalue weighted by atomic mass is 10.0. The highest BCUT2D eigenvalue weighted by Crippen LogP contribution is 2.28. The number of carbonyl (C=O) groups is 2. The Labute approximate surface area is 161 Å². The Bertz CT molecular complexity index is 765. The fourth-order valence-corrected chi connectivity index (χ4v) is 3.13. The number of hydrogen-bond donors (Lipinski definition) is 1. The molecule has 2 amide bonds. The average molecular weight is 364 g/mol. The molecule has 0 bridgehead atoms. The Morgan fingerprint density at radius 1 is 1.00 bits per heavy atom. The second-order valence-corrected chi connectivity index (χ2v) is 7.59. The Morgan fingerprint density at radius 3 is 2.26 bits per heavy atom. The lowest BCUT2D eigenvalue weighted by molar-refractivity contribution is -0.133. The molecule has 1 aliphatic carbocycles. The largest absolute Gasteiger partial charge is 0.347 e. The maximum atomic E-state index is 12.7. The van der Waals surface area contributed by atoms with Crippen LogP contribution in [0.5, 0.6) is 0 Å². The summed E-state index contributed by atoms with van der Waals surface area (Å²) in [5, 5.41) is 2.77. The van der Waals surface area contributed by atoms with Gasteiger partial charge in [0.2, 0.25) is 11.8 Å². The van der Waals surface area contributed by atoms with Crippen LogP contribution in [-0.2, 0) is 22.6 Å². The van der Waals surface area contributed by atoms with Gasteiger partial charge in [-0.05, 0) is 35.4 Å². The summed E-state index contributed by atoms with van der Waals surface area (Å²) in [5.74, 6) is 0.374. The molecule has 4 heteroatoms. The zero-order valence-electron chi connectivity index (χ0n) is 16.2. The Hall–Kier alpha value is -2.62. The van der Waals surface area contributed by atoms with Crippen molar-refractivity contribution in [1.82, 2.24) is 10.2 Å². The van der Waals surface area contributed by atoms with Crippen LogP contribution in [0.1, 0.15) is 49.3 Å². The zero-order chi connectivity index (χ0) is 19.2. The summed E-state index contributed by atoms with van der Waals surface area (Å²) in [7, 11) is 0. The molecule has 4 nitrogen and oxygen atoms in total. The van der Waals surface area contributed by atoms with Gasteiger partial charge in [0.1, 0.15) is 0 Å². The van der Waals surface area contributed by atoms with Crippen LogP contribution in [0.4, 0.5) is 0 Å². The summed E-state index contributed by atoms with van der Waals surface area (Å²) >= 11 is 0. The topological polar surface area (TPSA) is 49.4 Å². The highest BCUT2D eigenvalue weighted by Gasteiger charge is 2.32. The highest BCUT2D eigenvalue weighted by molar-refractivity contribution is 5.86. The molecule has 2 aromatic rings. The van der Waals surface area contributed by atoms with Gasteiger partial charge in [-0.15, -0.1) is 0 Å². The summed E-state index contributed by atoms with van der Waals surface area (Å²) in [6, 6.07) is 18.4. The number of rotatable bonds is 8. The normalized spacial score (nSPS) is 13.4. The number of amides is 2. The monoisotopic (exact) mass is 364 g/mol. The minimum absolute atomic E-state index is 0.00755. The van der Waals surface area contributed by atoms with Crippen LogP contribution < -0.4 is 5.32 Å². The summed E-state index contributed by atoms with van der Waals surface area (Å²) in [6.45, 7) is 5.02. The summed E-state index contributed by atoms with van der Waals surface area (Å²) < 4.78 is 0. The van der Waals surface area contributed by atoms with Gasteiger partial charge in [0.25, 0.3) is 0 Å². The lowest BCUT2D eigenvalue weighted by Gasteiger charge is -2.23. The number of hydrogen-bond acceptors (Lipinski definition) is 2. The second-order valence-electron chi connectivity index (χ2n) is 7.59. The standard InChI is InChI=1S/C23H28N2O2/c1-17(2)20-10-8-19(9-11-20)16-25(21-12-13-21)23(27)15-24-22(26)14-18-6-4-3-5-7-18/h3-11,17,21H,12-16H2,1-2H3,(H,24,26). The lowest BCUT2D eigenvalue weighted by Crippen LogP contribution is -2.41. The van der Waals surface area contributed by atoms with Crippen molar-refractivity contribution in [1.29, 1.82) is 0 Å². The molecule has 1 saturated carbocycles. The molecule has 0 aliphatic heterocycles. The molecule has 0 spiro atoms. The average Bonchev–Trinajstić information content (AvgIpc) is 3.50. The smallest absolute Gasteiger partial charge is 0.242 e. The molecule has 0 saturated heterocycles. The predicted octanol–water partition coefficient (Wildman–Crippen LogP) is 3.66. The van der Waals surface area contributed by atoms with Crippen molar-refractivity contribution in [2.45, 2.75) is 51.6 Å². The first-order valence-electron chi connectivity index (χ1n) is 9.72. The van der Waals surface area contributed by atoms with E-state index in [-0.39, 0.29) is 18.4 Å². The van der Waals surface area contributed by atoms with E-state index >= 15 is 0 Å². The van der Waals surface area contributed by atoms with E-state index in [1.165, 1.54) is 5.56 Å². The van der Waals surface area contributed by atoms with E-state index in [0.29, 0.717) is 24.9 Å². The number of nitrogens with zero attached hydrogens (tertiary/aromatic N) is 1. The molecule has 1 aliphatic rings. The first-order chi connectivity index (χ1) is 13.0. The predicted molar refractivity (Wildman–Crippen MR) is 107 cm³/mol. The molecular formula is C23H28N2O2. The van der Waals surface area contributed by atoms with Gasteiger partial charge >= 0.3 is 0 Å². The minimum Gasteiger partial charge on any atom is -0.347 e. The molecule has 0 radical (unpaired) electrons. The second kappa shape index (κ2) is 8.85. The van der Waals surface area contributed by atoms with Crippen molar-refractivity contribution in [2.24, 2.45) is 0 Å². The zero-order valence-corrected chi connectivity index (χ0v) is 16.2. The molecule has 0 heterocycles. The van der Waals surface area contributed by atoms with Crippen molar-refractivity contribution in [3.8, 4) is 0 Å². The number of nitrogens with one attached hydrogen (secondary N) is 1. The number of carbonyl (C=O) groups excluding carboxylic acids is 2. The van der Waals surface area contributed by atoms with Gasteiger partial charge in [-0.3, -0.25) is 9.59 Å². The molecule has 142 valence electrons. The Morgan fingerprint density at radius 2 is 1.67 bits per heavy atom. The van der Waals surface area contributed by atoms with E-state index in [4.69, 9.17) is 0 Å². The SMILES string of the molecule is CC(C)c1ccc(CN(C(=O)CNC(=O)Cc2ccccc2)C2CC2)cc1. The molecule has 2 aromatic carbocycles. The van der Waals surface area contributed by atoms with Crippen LogP contribution in [0.3, 0.4) is 0 Å². The van der Waals surface area contributed by atoms with Crippen molar-refractivity contribution in [2.75, 3.05) is 6.54 Å². The van der Waals surface area contributed by atoms with Crippen LogP contribution in [0.15, 0.2) is 54.6 Å². The van der Waals surface area contributed by atoms with Crippen LogP contribution in [-0.4, -0.2) is 29.3 Å². The minimum atomic E-state index is -0.119. The van der Waals surface area contributed by atoms with E-state index in [1.807, 2.05) is 35.2 Å². The summed E-state index contributed by atoms with van der Waals surface area (Å²) in [4.78, 5) is 26.7. The van der Waals surface area contributed by atoms with E-state index in [2.05, 4.69) is 43.4 Å². The van der Waals surface area contributed by atoms with Gasteiger partial charge in [0.15, 0.2) is 0 Å². The molecule has 0 unspecified atom stereocenters. The first kappa shape index (κ1) is 19.2. The van der Waals surface area contributed by atoms with E-state index in [0.717, 1.165) is 24.0 Å². The van der Waals surface area contributed by atoms with Gasteiger partial charge in [-0.25, -0.2) is 0 Å². The molecule has 3 rings (SSSR count). The highest BCUT2D eigenvalue weighted by atomic mass is 16.2. The van der Waals surface area contributed by atoms with Gasteiger partial charge in [0, 0.05) is 12.6 Å². The van der Waals surface area contributed by atoms with Crippen LogP contribution >= 0.6 is 0 Å². The van der Waals surface area contributed by atoms with E-state index in [9.17, 15) is 9.59 Å². The quantitative estimate of drug-likeness (QED) is 0.777. The van der Waals surface area contributed by atoms with Gasteiger partial charge in [-0.2, -0.15) is 0 Å². The van der Waals surface area contributed by atoms with Crippen molar-refractivity contribution >= 4 is 11.8 Å². The van der Waals surface area contributed by atoms with Gasteiger partial charge in [-0.1, -0.05) is 68.4 Å². The number of benzene rings is 2. The van der Waals surface area contributed by atoms with Crippen LogP contribution in [0.2, 0.25) is 0 Å². The van der Waals surface area contributed by atoms with Gasteiger partial charge in [0.05, 0.1) is 13.0 Å². The third-order valence-corrected chi connectivity index (χ3v) is 4.95. The molecule has 27 heavy (non-hydrogen) atoms. The third-order valence-electron chi connectivity index (χ3n) is 4.95. The molecule has 1 N–H and O–H groups in total. The van der Waals surface area contributed by atoms with Crippen LogP contribution in [0, 0.1) is 0 Å². The van der Waals surface area contributed by atoms with Crippen molar-refractivity contribution < 1.29 is 9.59 Å². The van der Waals surface area contributed by atoms with Gasteiger partial charge < -0.3 is 10.2 Å². The summed E-state index contributed by atoms with van der Waals surface area (Å²) in [6.07, 6.45) is 2.40. The maximum absolute atomic E-state index is 12.7. The first-order valence-corrected chi connectivity index (χ1v) is 9.72. The molecule has 0 atom stereocenters. The fourth-order valence-electron chi connectivity index (χ4n) is 3.13. The van der Waals surface area contributed by atoms with Crippen molar-refractivity contribution in [3.05, 3.63) is 71.3 Å².